The number of fused-ring (bicyclic) bond motifs is 2. The highest BCUT2D eigenvalue weighted by Crippen LogP contribution is 2.40. The second-order valence-corrected chi connectivity index (χ2v) is 8.78. The highest BCUT2D eigenvalue weighted by Gasteiger charge is 2.23. The van der Waals surface area contributed by atoms with Crippen LogP contribution >= 0.6 is 11.8 Å². The number of nitrogens with two attached hydrogens (primary N) is 1. The largest absolute Gasteiger partial charge is 0.372 e. The molecular formula is C28H23FN2O2S. The van der Waals surface area contributed by atoms with Crippen molar-refractivity contribution in [2.75, 3.05) is 5.32 Å². The summed E-state index contributed by atoms with van der Waals surface area (Å²) in [5, 5.41) is 2.88. The lowest BCUT2D eigenvalue weighted by Gasteiger charge is -2.10. The van der Waals surface area contributed by atoms with E-state index in [4.69, 9.17) is 4.79 Å². The molecule has 34 heavy (non-hydrogen) atoms. The smallest absolute Gasteiger partial charge is 0.259 e. The van der Waals surface area contributed by atoms with Gasteiger partial charge in [0.25, 0.3) is 5.91 Å². The van der Waals surface area contributed by atoms with Crippen LogP contribution in [-0.2, 0) is 17.6 Å². The van der Waals surface area contributed by atoms with E-state index in [0.717, 1.165) is 29.0 Å². The zero-order valence-corrected chi connectivity index (χ0v) is 19.1. The molecule has 0 saturated carbocycles. The zero-order valence-electron chi connectivity index (χ0n) is 18.3. The Morgan fingerprint density at radius 3 is 2.18 bits per heavy atom. The van der Waals surface area contributed by atoms with Crippen LogP contribution in [0.25, 0.3) is 11.1 Å². The molecule has 6 heteroatoms. The van der Waals surface area contributed by atoms with E-state index >= 15 is 0 Å². The van der Waals surface area contributed by atoms with Crippen LogP contribution in [0, 0.1) is 5.82 Å². The first-order chi connectivity index (χ1) is 16.6. The average Bonchev–Trinajstić information content (AvgIpc) is 3.00. The molecule has 4 aromatic rings. The van der Waals surface area contributed by atoms with Gasteiger partial charge in [-0.15, -0.1) is 0 Å². The monoisotopic (exact) mass is 470 g/mol. The zero-order chi connectivity index (χ0) is 23.9. The topological polar surface area (TPSA) is 72.2 Å². The Labute approximate surface area is 202 Å². The number of aryl methyl sites for hydroxylation is 2. The van der Waals surface area contributed by atoms with E-state index in [-0.39, 0.29) is 12.0 Å². The maximum absolute atomic E-state index is 14.2. The van der Waals surface area contributed by atoms with Crippen molar-refractivity contribution in [1.29, 1.82) is 0 Å². The van der Waals surface area contributed by atoms with Gasteiger partial charge in [-0.25, -0.2) is 4.39 Å². The van der Waals surface area contributed by atoms with Gasteiger partial charge in [0.05, 0.1) is 11.3 Å². The maximum Gasteiger partial charge on any atom is 0.259 e. The minimum Gasteiger partial charge on any atom is -0.372 e. The van der Waals surface area contributed by atoms with Crippen LogP contribution in [0.3, 0.4) is 0 Å². The fourth-order valence-electron chi connectivity index (χ4n) is 3.82. The first-order valence-electron chi connectivity index (χ1n) is 10.8. The van der Waals surface area contributed by atoms with E-state index in [1.165, 1.54) is 34.5 Å². The number of carbonyl (C=O) groups excluding carboxylic acids is 2. The minimum atomic E-state index is -0.491. The SMILES string of the molecule is NC=O.O=C1Nc2cc(CCc3ccc(-c4ccccc4)cc3)ccc2Sc2cccc(F)c21. The molecule has 1 aliphatic heterocycles. The van der Waals surface area contributed by atoms with Crippen molar-refractivity contribution >= 4 is 29.8 Å². The maximum atomic E-state index is 14.2. The highest BCUT2D eigenvalue weighted by molar-refractivity contribution is 7.99. The summed E-state index contributed by atoms with van der Waals surface area (Å²) in [6.07, 6.45) is 2.02. The van der Waals surface area contributed by atoms with E-state index < -0.39 is 11.7 Å². The summed E-state index contributed by atoms with van der Waals surface area (Å²) < 4.78 is 14.2. The Hall–Kier alpha value is -3.90. The van der Waals surface area contributed by atoms with Gasteiger partial charge in [0, 0.05) is 9.79 Å². The first-order valence-corrected chi connectivity index (χ1v) is 11.6. The molecule has 0 spiro atoms. The number of nitrogens with one attached hydrogen (secondary N) is 1. The summed E-state index contributed by atoms with van der Waals surface area (Å²) in [6.45, 7) is 0. The third-order valence-corrected chi connectivity index (χ3v) is 6.61. The van der Waals surface area contributed by atoms with E-state index in [9.17, 15) is 9.18 Å². The number of halogens is 1. The van der Waals surface area contributed by atoms with Gasteiger partial charge < -0.3 is 11.1 Å². The van der Waals surface area contributed by atoms with Crippen LogP contribution in [0.4, 0.5) is 10.1 Å². The van der Waals surface area contributed by atoms with Crippen LogP contribution in [0.5, 0.6) is 0 Å². The van der Waals surface area contributed by atoms with Crippen molar-refractivity contribution in [3.05, 3.63) is 114 Å². The number of benzene rings is 4. The molecule has 4 nitrogen and oxygen atoms in total. The number of hydrogen-bond acceptors (Lipinski definition) is 3. The summed E-state index contributed by atoms with van der Waals surface area (Å²) in [5.41, 5.74) is 9.85. The first kappa shape index (κ1) is 23.3. The van der Waals surface area contributed by atoms with Crippen LogP contribution in [0.15, 0.2) is 101 Å². The number of primary amides is 1. The third-order valence-electron chi connectivity index (χ3n) is 5.48. The molecule has 5 rings (SSSR count). The third kappa shape index (κ3) is 5.35. The van der Waals surface area contributed by atoms with Gasteiger partial charge in [0.15, 0.2) is 0 Å². The lowest BCUT2D eigenvalue weighted by Crippen LogP contribution is -2.13. The molecule has 170 valence electrons. The van der Waals surface area contributed by atoms with Crippen molar-refractivity contribution in [3.8, 4) is 11.1 Å². The Kier molecular flexibility index (Phi) is 7.40. The quantitative estimate of drug-likeness (QED) is 0.354. The predicted octanol–water partition coefficient (Wildman–Crippen LogP) is 6.10. The summed E-state index contributed by atoms with van der Waals surface area (Å²) in [4.78, 5) is 22.7. The molecule has 0 fully saturated rings. The Morgan fingerprint density at radius 2 is 1.44 bits per heavy atom. The van der Waals surface area contributed by atoms with E-state index in [0.29, 0.717) is 4.90 Å². The summed E-state index contributed by atoms with van der Waals surface area (Å²) in [5.74, 6) is -0.887. The summed E-state index contributed by atoms with van der Waals surface area (Å²) in [6, 6.07) is 29.8. The molecule has 2 amide bonds. The van der Waals surface area contributed by atoms with Gasteiger partial charge in [-0.3, -0.25) is 9.59 Å². The molecule has 0 unspecified atom stereocenters. The van der Waals surface area contributed by atoms with Gasteiger partial charge in [0.1, 0.15) is 5.82 Å². The fraction of sp³-hybridized carbons (Fsp3) is 0.0714. The van der Waals surface area contributed by atoms with Crippen molar-refractivity contribution in [1.82, 2.24) is 0 Å². The van der Waals surface area contributed by atoms with Crippen molar-refractivity contribution < 1.29 is 14.0 Å². The lowest BCUT2D eigenvalue weighted by atomic mass is 10.00. The van der Waals surface area contributed by atoms with Crippen LogP contribution in [0.1, 0.15) is 21.5 Å². The molecule has 0 radical (unpaired) electrons. The molecule has 0 atom stereocenters. The number of hydrogen-bond donors (Lipinski definition) is 2. The second-order valence-electron chi connectivity index (χ2n) is 7.70. The number of carbonyl (C=O) groups is 2. The average molecular weight is 471 g/mol. The van der Waals surface area contributed by atoms with Crippen molar-refractivity contribution in [3.63, 3.8) is 0 Å². The number of amides is 2. The van der Waals surface area contributed by atoms with Crippen molar-refractivity contribution in [2.45, 2.75) is 22.6 Å². The Bertz CT molecular complexity index is 1310. The minimum absolute atomic E-state index is 0.115. The van der Waals surface area contributed by atoms with Gasteiger partial charge in [-0.2, -0.15) is 0 Å². The van der Waals surface area contributed by atoms with Crippen molar-refractivity contribution in [2.24, 2.45) is 5.73 Å². The van der Waals surface area contributed by atoms with Gasteiger partial charge in [-0.05, 0) is 59.4 Å². The summed E-state index contributed by atoms with van der Waals surface area (Å²) >= 11 is 1.42. The Morgan fingerprint density at radius 1 is 0.794 bits per heavy atom. The van der Waals surface area contributed by atoms with Crippen LogP contribution < -0.4 is 11.1 Å². The normalized spacial score (nSPS) is 11.7. The van der Waals surface area contributed by atoms with Crippen LogP contribution in [-0.4, -0.2) is 12.3 Å². The molecule has 1 heterocycles. The predicted molar refractivity (Wildman–Crippen MR) is 134 cm³/mol. The van der Waals surface area contributed by atoms with E-state index in [1.54, 1.807) is 12.1 Å². The standard InChI is InChI=1S/C27H20FNOS.CH3NO/c28-22-7-4-8-25-26(22)27(30)29-23-17-19(13-16-24(23)31-25)10-9-18-11-14-21(15-12-18)20-5-2-1-3-6-20;2-1-3/h1-8,11-17H,9-10H2,(H,29,30);1H,(H2,2,3). The highest BCUT2D eigenvalue weighted by atomic mass is 32.2. The van der Waals surface area contributed by atoms with Gasteiger partial charge in [-0.1, -0.05) is 78.5 Å². The lowest BCUT2D eigenvalue weighted by molar-refractivity contribution is -0.106. The molecule has 3 N–H and O–H groups in total. The molecule has 0 aromatic heterocycles. The number of anilines is 1. The summed E-state index contributed by atoms with van der Waals surface area (Å²) in [7, 11) is 0. The van der Waals surface area contributed by atoms with Crippen LogP contribution in [0.2, 0.25) is 0 Å². The van der Waals surface area contributed by atoms with Gasteiger partial charge >= 0.3 is 0 Å². The fourth-order valence-corrected chi connectivity index (χ4v) is 4.85. The Balaban J connectivity index is 0.000000868. The molecule has 0 aliphatic carbocycles. The molecular weight excluding hydrogens is 447 g/mol. The molecule has 4 aromatic carbocycles. The molecule has 0 bridgehead atoms. The van der Waals surface area contributed by atoms with E-state index in [2.05, 4.69) is 53.5 Å². The second kappa shape index (κ2) is 10.8. The van der Waals surface area contributed by atoms with Gasteiger partial charge in [0.2, 0.25) is 6.41 Å². The molecule has 0 saturated heterocycles. The van der Waals surface area contributed by atoms with E-state index in [1.807, 2.05) is 30.3 Å². The molecule has 1 aliphatic rings. The number of rotatable bonds is 4.